The van der Waals surface area contributed by atoms with E-state index in [9.17, 15) is 8.42 Å². The van der Waals surface area contributed by atoms with Gasteiger partial charge in [0.05, 0.1) is 5.25 Å². The van der Waals surface area contributed by atoms with E-state index in [1.807, 2.05) is 20.8 Å². The molecule has 0 bridgehead atoms. The average Bonchev–Trinajstić information content (AvgIpc) is 2.01. The second-order valence-electron chi connectivity index (χ2n) is 4.65. The van der Waals surface area contributed by atoms with Gasteiger partial charge in [-0.15, -0.1) is 0 Å². The van der Waals surface area contributed by atoms with Gasteiger partial charge in [0, 0.05) is 12.1 Å². The molecule has 1 atom stereocenters. The van der Waals surface area contributed by atoms with Crippen molar-refractivity contribution in [2.24, 2.45) is 0 Å². The molecule has 0 saturated heterocycles. The largest absolute Gasteiger partial charge is 0.318 e. The molecule has 0 aliphatic carbocycles. The molecule has 0 heterocycles. The molecule has 0 radical (unpaired) electrons. The zero-order chi connectivity index (χ0) is 12.1. The zero-order valence-electron chi connectivity index (χ0n) is 10.4. The summed E-state index contributed by atoms with van der Waals surface area (Å²) in [7, 11) is -1.46. The Morgan fingerprint density at radius 1 is 1.33 bits per heavy atom. The normalized spacial score (nSPS) is 15.3. The lowest BCUT2D eigenvalue weighted by Crippen LogP contribution is -2.48. The molecular formula is C10H24N2O2S. The van der Waals surface area contributed by atoms with Crippen LogP contribution in [-0.4, -0.2) is 32.8 Å². The van der Waals surface area contributed by atoms with Crippen molar-refractivity contribution in [2.75, 3.05) is 13.6 Å². The van der Waals surface area contributed by atoms with Crippen molar-refractivity contribution in [1.29, 1.82) is 0 Å². The van der Waals surface area contributed by atoms with Gasteiger partial charge < -0.3 is 5.32 Å². The molecule has 1 unspecified atom stereocenters. The molecule has 0 rings (SSSR count). The molecular weight excluding hydrogens is 212 g/mol. The van der Waals surface area contributed by atoms with E-state index in [0.29, 0.717) is 6.54 Å². The van der Waals surface area contributed by atoms with E-state index >= 15 is 0 Å². The smallest absolute Gasteiger partial charge is 0.215 e. The summed E-state index contributed by atoms with van der Waals surface area (Å²) in [6, 6.07) is 0. The van der Waals surface area contributed by atoms with Gasteiger partial charge in [-0.1, -0.05) is 13.3 Å². The Hall–Kier alpha value is -0.130. The number of nitrogens with one attached hydrogen (secondary N) is 2. The van der Waals surface area contributed by atoms with Gasteiger partial charge in [-0.25, -0.2) is 13.1 Å². The van der Waals surface area contributed by atoms with Gasteiger partial charge in [-0.2, -0.15) is 0 Å². The molecule has 0 aliphatic rings. The number of rotatable bonds is 7. The first-order chi connectivity index (χ1) is 6.75. The van der Waals surface area contributed by atoms with E-state index < -0.39 is 15.3 Å². The molecule has 0 spiro atoms. The van der Waals surface area contributed by atoms with E-state index in [1.54, 1.807) is 14.0 Å². The van der Waals surface area contributed by atoms with Crippen LogP contribution in [0.1, 0.15) is 40.5 Å². The summed E-state index contributed by atoms with van der Waals surface area (Å²) < 4.78 is 26.5. The van der Waals surface area contributed by atoms with Gasteiger partial charge in [0.2, 0.25) is 10.0 Å². The van der Waals surface area contributed by atoms with Gasteiger partial charge in [-0.3, -0.25) is 0 Å². The third kappa shape index (κ3) is 5.49. The highest BCUT2D eigenvalue weighted by Crippen LogP contribution is 2.13. The summed E-state index contributed by atoms with van der Waals surface area (Å²) in [4.78, 5) is 0. The molecule has 2 N–H and O–H groups in total. The van der Waals surface area contributed by atoms with E-state index in [-0.39, 0.29) is 5.54 Å². The molecule has 0 aromatic rings. The van der Waals surface area contributed by atoms with Crippen LogP contribution in [-0.2, 0) is 10.0 Å². The number of hydrogen-bond acceptors (Lipinski definition) is 3. The van der Waals surface area contributed by atoms with Crippen LogP contribution in [0.3, 0.4) is 0 Å². The molecule has 15 heavy (non-hydrogen) atoms. The third-order valence-electron chi connectivity index (χ3n) is 2.31. The van der Waals surface area contributed by atoms with Crippen LogP contribution in [0.5, 0.6) is 0 Å². The second-order valence-corrected chi connectivity index (χ2v) is 6.75. The highest BCUT2D eigenvalue weighted by Gasteiger charge is 2.27. The van der Waals surface area contributed by atoms with E-state index in [0.717, 1.165) is 12.8 Å². The summed E-state index contributed by atoms with van der Waals surface area (Å²) in [6.45, 7) is 8.06. The van der Waals surface area contributed by atoms with Crippen molar-refractivity contribution in [3.63, 3.8) is 0 Å². The lowest BCUT2D eigenvalue weighted by molar-refractivity contribution is 0.414. The van der Waals surface area contributed by atoms with Gasteiger partial charge in [0.15, 0.2) is 0 Å². The maximum absolute atomic E-state index is 11.9. The maximum Gasteiger partial charge on any atom is 0.215 e. The van der Waals surface area contributed by atoms with Crippen molar-refractivity contribution in [2.45, 2.75) is 51.3 Å². The van der Waals surface area contributed by atoms with Crippen LogP contribution in [0.25, 0.3) is 0 Å². The lowest BCUT2D eigenvalue weighted by Gasteiger charge is -2.27. The maximum atomic E-state index is 11.9. The third-order valence-corrected chi connectivity index (χ3v) is 4.38. The Labute approximate surface area is 93.9 Å². The standard InChI is InChI=1S/C10H24N2O2S/c1-6-7-10(3,4)12-15(13,14)9(2)8-11-5/h9,11-12H,6-8H2,1-5H3. The molecule has 0 aromatic heterocycles. The van der Waals surface area contributed by atoms with Gasteiger partial charge in [0.1, 0.15) is 0 Å². The van der Waals surface area contributed by atoms with E-state index in [1.165, 1.54) is 0 Å². The minimum Gasteiger partial charge on any atom is -0.318 e. The Bertz CT molecular complexity index is 273. The van der Waals surface area contributed by atoms with Crippen LogP contribution in [0, 0.1) is 0 Å². The highest BCUT2D eigenvalue weighted by atomic mass is 32.2. The fraction of sp³-hybridized carbons (Fsp3) is 1.00. The quantitative estimate of drug-likeness (QED) is 0.696. The average molecular weight is 236 g/mol. The van der Waals surface area contributed by atoms with Gasteiger partial charge >= 0.3 is 0 Å². The molecule has 92 valence electrons. The fourth-order valence-electron chi connectivity index (χ4n) is 1.56. The van der Waals surface area contributed by atoms with E-state index in [2.05, 4.69) is 10.0 Å². The predicted molar refractivity (Wildman–Crippen MR) is 64.4 cm³/mol. The van der Waals surface area contributed by atoms with Crippen LogP contribution < -0.4 is 10.0 Å². The SMILES string of the molecule is CCCC(C)(C)NS(=O)(=O)C(C)CNC. The molecule has 0 amide bonds. The van der Waals surface area contributed by atoms with Gasteiger partial charge in [-0.05, 0) is 34.2 Å². The first kappa shape index (κ1) is 14.9. The molecule has 0 aromatic carbocycles. The zero-order valence-corrected chi connectivity index (χ0v) is 11.2. The summed E-state index contributed by atoms with van der Waals surface area (Å²) in [6.07, 6.45) is 1.81. The van der Waals surface area contributed by atoms with Crippen LogP contribution in [0.4, 0.5) is 0 Å². The Morgan fingerprint density at radius 2 is 1.87 bits per heavy atom. The Kier molecular flexibility index (Phi) is 5.77. The minimum atomic E-state index is -3.21. The molecule has 4 nitrogen and oxygen atoms in total. The number of hydrogen-bond donors (Lipinski definition) is 2. The summed E-state index contributed by atoms with van der Waals surface area (Å²) in [5.74, 6) is 0. The molecule has 0 fully saturated rings. The van der Waals surface area contributed by atoms with Crippen LogP contribution in [0.15, 0.2) is 0 Å². The van der Waals surface area contributed by atoms with Crippen LogP contribution >= 0.6 is 0 Å². The van der Waals surface area contributed by atoms with Crippen molar-refractivity contribution in [3.05, 3.63) is 0 Å². The lowest BCUT2D eigenvalue weighted by atomic mass is 10.0. The van der Waals surface area contributed by atoms with Gasteiger partial charge in [0.25, 0.3) is 0 Å². The second kappa shape index (κ2) is 5.82. The Morgan fingerprint density at radius 3 is 2.27 bits per heavy atom. The first-order valence-corrected chi connectivity index (χ1v) is 6.97. The molecule has 0 aliphatic heterocycles. The Balaban J connectivity index is 4.49. The van der Waals surface area contributed by atoms with Crippen molar-refractivity contribution in [1.82, 2.24) is 10.0 Å². The van der Waals surface area contributed by atoms with E-state index in [4.69, 9.17) is 0 Å². The van der Waals surface area contributed by atoms with Crippen LogP contribution in [0.2, 0.25) is 0 Å². The number of sulfonamides is 1. The van der Waals surface area contributed by atoms with Crippen molar-refractivity contribution in [3.8, 4) is 0 Å². The topological polar surface area (TPSA) is 58.2 Å². The minimum absolute atomic E-state index is 0.352. The first-order valence-electron chi connectivity index (χ1n) is 5.42. The molecule has 0 saturated carbocycles. The summed E-state index contributed by atoms with van der Waals surface area (Å²) in [5, 5.41) is 2.47. The van der Waals surface area contributed by atoms with Crippen molar-refractivity contribution < 1.29 is 8.42 Å². The summed E-state index contributed by atoms with van der Waals surface area (Å²) in [5.41, 5.74) is -0.352. The molecule has 5 heteroatoms. The fourth-order valence-corrected chi connectivity index (χ4v) is 3.02. The summed E-state index contributed by atoms with van der Waals surface area (Å²) >= 11 is 0. The highest BCUT2D eigenvalue weighted by molar-refractivity contribution is 7.90. The monoisotopic (exact) mass is 236 g/mol. The predicted octanol–water partition coefficient (Wildman–Crippen LogP) is 1.09. The van der Waals surface area contributed by atoms with Crippen molar-refractivity contribution >= 4 is 10.0 Å².